The number of fused-ring (bicyclic) bond motifs is 3. The van der Waals surface area contributed by atoms with Gasteiger partial charge in [-0.05, 0) is 44.4 Å². The number of nitrogens with zero attached hydrogens (tertiary/aromatic N) is 2. The number of benzene rings is 1. The van der Waals surface area contributed by atoms with Crippen molar-refractivity contribution in [2.75, 3.05) is 18.1 Å². The van der Waals surface area contributed by atoms with E-state index in [1.165, 1.54) is 0 Å². The summed E-state index contributed by atoms with van der Waals surface area (Å²) in [6.45, 7) is 7.37. The molecule has 2 aliphatic rings. The summed E-state index contributed by atoms with van der Waals surface area (Å²) in [6.07, 6.45) is 0.423. The lowest BCUT2D eigenvalue weighted by molar-refractivity contribution is 0.176. The van der Waals surface area contributed by atoms with Gasteiger partial charge < -0.3 is 15.0 Å². The van der Waals surface area contributed by atoms with Gasteiger partial charge in [0.1, 0.15) is 6.61 Å². The van der Waals surface area contributed by atoms with E-state index in [-0.39, 0.29) is 24.2 Å². The standard InChI is InChI=1S/C17H23N3O3/c1-11(2)18-16(21)19-7-6-14-10-23-17(22)20(14)15-8-12(3)4-5-13(15)9-19/h4-5,8,11,14H,6-7,9-10H2,1-3H3,(H,18,21). The Morgan fingerprint density at radius 2 is 2.17 bits per heavy atom. The number of anilines is 1. The lowest BCUT2D eigenvalue weighted by Gasteiger charge is -2.33. The highest BCUT2D eigenvalue weighted by Crippen LogP contribution is 2.32. The van der Waals surface area contributed by atoms with Crippen molar-refractivity contribution in [1.82, 2.24) is 10.2 Å². The van der Waals surface area contributed by atoms with Crippen LogP contribution < -0.4 is 10.2 Å². The van der Waals surface area contributed by atoms with Gasteiger partial charge in [0.05, 0.1) is 11.7 Å². The Hall–Kier alpha value is -2.24. The molecule has 1 aromatic rings. The Morgan fingerprint density at radius 1 is 1.39 bits per heavy atom. The van der Waals surface area contributed by atoms with Gasteiger partial charge in [0.15, 0.2) is 0 Å². The van der Waals surface area contributed by atoms with Crippen LogP contribution in [0.15, 0.2) is 18.2 Å². The zero-order valence-corrected chi connectivity index (χ0v) is 13.8. The summed E-state index contributed by atoms with van der Waals surface area (Å²) in [5.74, 6) is 0. The molecule has 2 aliphatic heterocycles. The van der Waals surface area contributed by atoms with E-state index < -0.39 is 0 Å². The molecular formula is C17H23N3O3. The number of rotatable bonds is 1. The number of nitrogens with one attached hydrogen (secondary N) is 1. The van der Waals surface area contributed by atoms with Crippen molar-refractivity contribution in [3.05, 3.63) is 29.3 Å². The molecule has 3 amide bonds. The predicted octanol–water partition coefficient (Wildman–Crippen LogP) is 2.64. The second-order valence-electron chi connectivity index (χ2n) is 6.55. The fourth-order valence-corrected chi connectivity index (χ4v) is 3.10. The smallest absolute Gasteiger partial charge is 0.414 e. The maximum absolute atomic E-state index is 12.4. The van der Waals surface area contributed by atoms with E-state index in [1.54, 1.807) is 4.90 Å². The number of urea groups is 1. The SMILES string of the molecule is Cc1ccc2c(c1)N1C(=O)OCC1CCN(C(=O)NC(C)C)C2. The van der Waals surface area contributed by atoms with Crippen molar-refractivity contribution in [2.24, 2.45) is 0 Å². The Kier molecular flexibility index (Phi) is 4.15. The average molecular weight is 317 g/mol. The van der Waals surface area contributed by atoms with E-state index in [0.29, 0.717) is 26.1 Å². The summed E-state index contributed by atoms with van der Waals surface area (Å²) in [5.41, 5.74) is 2.92. The Bertz CT molecular complexity index is 630. The molecule has 1 fully saturated rings. The van der Waals surface area contributed by atoms with E-state index >= 15 is 0 Å². The molecule has 6 heteroatoms. The summed E-state index contributed by atoms with van der Waals surface area (Å²) in [6, 6.07) is 6.02. The van der Waals surface area contributed by atoms with Gasteiger partial charge in [-0.1, -0.05) is 12.1 Å². The van der Waals surface area contributed by atoms with Crippen molar-refractivity contribution in [1.29, 1.82) is 0 Å². The average Bonchev–Trinajstić information content (AvgIpc) is 2.82. The van der Waals surface area contributed by atoms with Gasteiger partial charge in [-0.2, -0.15) is 0 Å². The first-order valence-corrected chi connectivity index (χ1v) is 8.06. The molecule has 1 N–H and O–H groups in total. The molecule has 3 rings (SSSR count). The Labute approximate surface area is 136 Å². The van der Waals surface area contributed by atoms with Crippen LogP contribution in [0.4, 0.5) is 15.3 Å². The van der Waals surface area contributed by atoms with Crippen LogP contribution in [-0.4, -0.2) is 42.3 Å². The lowest BCUT2D eigenvalue weighted by atomic mass is 10.0. The normalized spacial score (nSPS) is 20.5. The van der Waals surface area contributed by atoms with E-state index in [2.05, 4.69) is 5.32 Å². The van der Waals surface area contributed by atoms with Crippen LogP contribution in [0.1, 0.15) is 31.4 Å². The fourth-order valence-electron chi connectivity index (χ4n) is 3.10. The van der Waals surface area contributed by atoms with Crippen LogP contribution in [0.3, 0.4) is 0 Å². The first-order valence-electron chi connectivity index (χ1n) is 8.06. The van der Waals surface area contributed by atoms with E-state index in [1.807, 2.05) is 43.9 Å². The Morgan fingerprint density at radius 3 is 2.91 bits per heavy atom. The molecule has 23 heavy (non-hydrogen) atoms. The molecule has 6 nitrogen and oxygen atoms in total. The number of aryl methyl sites for hydroxylation is 1. The largest absolute Gasteiger partial charge is 0.447 e. The zero-order valence-electron chi connectivity index (χ0n) is 13.8. The molecule has 1 saturated heterocycles. The van der Waals surface area contributed by atoms with Crippen LogP contribution in [-0.2, 0) is 11.3 Å². The maximum atomic E-state index is 12.4. The Balaban J connectivity index is 1.95. The van der Waals surface area contributed by atoms with E-state index in [4.69, 9.17) is 4.74 Å². The van der Waals surface area contributed by atoms with Gasteiger partial charge in [0.25, 0.3) is 0 Å². The molecule has 0 aromatic heterocycles. The third-order valence-corrected chi connectivity index (χ3v) is 4.25. The molecule has 0 radical (unpaired) electrons. The molecule has 0 saturated carbocycles. The number of amides is 3. The zero-order chi connectivity index (χ0) is 16.6. The summed E-state index contributed by atoms with van der Waals surface area (Å²) in [4.78, 5) is 28.1. The molecule has 1 aromatic carbocycles. The van der Waals surface area contributed by atoms with Crippen molar-refractivity contribution >= 4 is 17.8 Å². The van der Waals surface area contributed by atoms with Crippen LogP contribution in [0.2, 0.25) is 0 Å². The second-order valence-corrected chi connectivity index (χ2v) is 6.55. The molecule has 0 spiro atoms. The summed E-state index contributed by atoms with van der Waals surface area (Å²) < 4.78 is 5.24. The first-order chi connectivity index (χ1) is 11.0. The van der Waals surface area contributed by atoms with Gasteiger partial charge >= 0.3 is 12.1 Å². The third-order valence-electron chi connectivity index (χ3n) is 4.25. The van der Waals surface area contributed by atoms with Crippen molar-refractivity contribution in [3.63, 3.8) is 0 Å². The second kappa shape index (κ2) is 6.10. The summed E-state index contributed by atoms with van der Waals surface area (Å²) >= 11 is 0. The minimum Gasteiger partial charge on any atom is -0.447 e. The highest BCUT2D eigenvalue weighted by Gasteiger charge is 2.37. The van der Waals surface area contributed by atoms with Gasteiger partial charge in [0, 0.05) is 19.1 Å². The maximum Gasteiger partial charge on any atom is 0.414 e. The highest BCUT2D eigenvalue weighted by molar-refractivity contribution is 5.91. The van der Waals surface area contributed by atoms with E-state index in [9.17, 15) is 9.59 Å². The molecular weight excluding hydrogens is 294 g/mol. The number of hydrogen-bond donors (Lipinski definition) is 1. The van der Waals surface area contributed by atoms with Crippen molar-refractivity contribution in [2.45, 2.75) is 45.8 Å². The molecule has 0 aliphatic carbocycles. The topological polar surface area (TPSA) is 61.9 Å². The highest BCUT2D eigenvalue weighted by atomic mass is 16.6. The van der Waals surface area contributed by atoms with Crippen molar-refractivity contribution < 1.29 is 14.3 Å². The molecule has 0 bridgehead atoms. The van der Waals surface area contributed by atoms with Crippen LogP contribution in [0, 0.1) is 6.92 Å². The minimum absolute atomic E-state index is 0.0160. The quantitative estimate of drug-likeness (QED) is 0.866. The number of carbonyl (C=O) groups is 2. The van der Waals surface area contributed by atoms with Crippen LogP contribution in [0.25, 0.3) is 0 Å². The fraction of sp³-hybridized carbons (Fsp3) is 0.529. The van der Waals surface area contributed by atoms with Gasteiger partial charge in [-0.15, -0.1) is 0 Å². The first kappa shape index (κ1) is 15.6. The monoisotopic (exact) mass is 317 g/mol. The van der Waals surface area contributed by atoms with E-state index in [0.717, 1.165) is 16.8 Å². The number of carbonyl (C=O) groups excluding carboxylic acids is 2. The summed E-state index contributed by atoms with van der Waals surface area (Å²) in [5, 5.41) is 2.95. The predicted molar refractivity (Wildman–Crippen MR) is 87.5 cm³/mol. The molecule has 1 unspecified atom stereocenters. The van der Waals surface area contributed by atoms with Crippen LogP contribution in [0.5, 0.6) is 0 Å². The van der Waals surface area contributed by atoms with Gasteiger partial charge in [-0.3, -0.25) is 4.90 Å². The van der Waals surface area contributed by atoms with Gasteiger partial charge in [0.2, 0.25) is 0 Å². The third kappa shape index (κ3) is 3.11. The molecule has 124 valence electrons. The molecule has 2 heterocycles. The minimum atomic E-state index is -0.290. The number of ether oxygens (including phenoxy) is 1. The molecule has 1 atom stereocenters. The van der Waals surface area contributed by atoms with Crippen molar-refractivity contribution in [3.8, 4) is 0 Å². The lowest BCUT2D eigenvalue weighted by Crippen LogP contribution is -2.46. The van der Waals surface area contributed by atoms with Crippen LogP contribution >= 0.6 is 0 Å². The van der Waals surface area contributed by atoms with Gasteiger partial charge in [-0.25, -0.2) is 9.59 Å². The number of cyclic esters (lactones) is 1. The summed E-state index contributed by atoms with van der Waals surface area (Å²) in [7, 11) is 0. The number of hydrogen-bond acceptors (Lipinski definition) is 3.